The number of benzene rings is 2. The highest BCUT2D eigenvalue weighted by molar-refractivity contribution is 5.89. The number of hydrogen-bond donors (Lipinski definition) is 0. The zero-order valence-electron chi connectivity index (χ0n) is 27.5. The second-order valence-corrected chi connectivity index (χ2v) is 10.5. The Kier molecular flexibility index (Phi) is 12.1. The second kappa shape index (κ2) is 16.2. The number of methoxy groups -OCH3 is 6. The molecule has 0 radical (unpaired) electrons. The number of rotatable bonds is 15. The fourth-order valence-electron chi connectivity index (χ4n) is 5.44. The van der Waals surface area contributed by atoms with Crippen LogP contribution in [0.2, 0.25) is 0 Å². The summed E-state index contributed by atoms with van der Waals surface area (Å²) in [6, 6.07) is 5.05. The molecule has 2 aromatic carbocycles. The van der Waals surface area contributed by atoms with Gasteiger partial charge in [0.15, 0.2) is 23.0 Å². The molecule has 46 heavy (non-hydrogen) atoms. The molecule has 0 bridgehead atoms. The lowest BCUT2D eigenvalue weighted by atomic mass is 10.1. The molecule has 0 saturated carbocycles. The van der Waals surface area contributed by atoms with E-state index in [-0.39, 0.29) is 12.1 Å². The summed E-state index contributed by atoms with van der Waals surface area (Å²) in [7, 11) is 9.05. The van der Waals surface area contributed by atoms with Gasteiger partial charge < -0.3 is 37.9 Å². The lowest BCUT2D eigenvalue weighted by Gasteiger charge is -2.30. The number of aryl methyl sites for hydroxylation is 1. The van der Waals surface area contributed by atoms with E-state index in [4.69, 9.17) is 42.9 Å². The Morgan fingerprint density at radius 3 is 2.04 bits per heavy atom. The lowest BCUT2D eigenvalue weighted by Crippen LogP contribution is -2.44. The van der Waals surface area contributed by atoms with Crippen LogP contribution in [0.4, 0.5) is 0 Å². The van der Waals surface area contributed by atoms with Crippen molar-refractivity contribution in [3.05, 3.63) is 46.0 Å². The number of carbonyl (C=O) groups excluding carboxylic acids is 1. The number of morpholine rings is 1. The third-order valence-corrected chi connectivity index (χ3v) is 7.64. The van der Waals surface area contributed by atoms with Crippen molar-refractivity contribution in [1.29, 1.82) is 0 Å². The molecule has 0 spiro atoms. The maximum absolute atomic E-state index is 14.1. The van der Waals surface area contributed by atoms with Crippen LogP contribution >= 0.6 is 0 Å². The predicted octanol–water partition coefficient (Wildman–Crippen LogP) is 3.36. The van der Waals surface area contributed by atoms with Crippen LogP contribution in [0, 0.1) is 0 Å². The molecule has 1 saturated heterocycles. The van der Waals surface area contributed by atoms with Gasteiger partial charge in [-0.1, -0.05) is 6.92 Å². The van der Waals surface area contributed by atoms with Gasteiger partial charge in [0.1, 0.15) is 17.4 Å². The number of carbonyl (C=O) groups is 1. The molecule has 1 aliphatic rings. The normalized spacial score (nSPS) is 14.2. The van der Waals surface area contributed by atoms with Crippen LogP contribution in [-0.4, -0.2) is 102 Å². The van der Waals surface area contributed by atoms with E-state index >= 15 is 0 Å². The van der Waals surface area contributed by atoms with E-state index in [1.165, 1.54) is 48.7 Å². The van der Waals surface area contributed by atoms with Gasteiger partial charge in [-0.3, -0.25) is 14.3 Å². The van der Waals surface area contributed by atoms with Gasteiger partial charge >= 0.3 is 5.97 Å². The topological polar surface area (TPSA) is 129 Å². The molecule has 0 N–H and O–H groups in total. The van der Waals surface area contributed by atoms with E-state index in [1.54, 1.807) is 28.8 Å². The largest absolute Gasteiger partial charge is 0.493 e. The molecule has 0 amide bonds. The van der Waals surface area contributed by atoms with Crippen molar-refractivity contribution in [1.82, 2.24) is 14.5 Å². The minimum atomic E-state index is -0.676. The molecule has 1 fully saturated rings. The molecule has 250 valence electrons. The van der Waals surface area contributed by atoms with Gasteiger partial charge in [0.25, 0.3) is 5.56 Å². The predicted molar refractivity (Wildman–Crippen MR) is 172 cm³/mol. The number of aromatic nitrogens is 2. The summed E-state index contributed by atoms with van der Waals surface area (Å²) >= 11 is 0. The van der Waals surface area contributed by atoms with E-state index < -0.39 is 12.1 Å². The standard InChI is InChI=1S/C33H43N3O10/c1-8-9-27-34-29-23(18-26(41-4)31(43-6)32(29)44-7)33(38)36(27)20-22(19-35-12-14-45-15-13-35)46-28(37)11-10-21-16-24(39-2)30(42-5)25(17-21)40-3/h10-11,16-18,22H,8-9,12-15,19-20H2,1-7H3. The molecule has 13 heteroatoms. The van der Waals surface area contributed by atoms with Crippen LogP contribution in [0.5, 0.6) is 34.5 Å². The van der Waals surface area contributed by atoms with Gasteiger partial charge in [0.05, 0.1) is 67.8 Å². The smallest absolute Gasteiger partial charge is 0.331 e. The van der Waals surface area contributed by atoms with Gasteiger partial charge in [-0.05, 0) is 36.3 Å². The Balaban J connectivity index is 1.71. The second-order valence-electron chi connectivity index (χ2n) is 10.5. The van der Waals surface area contributed by atoms with Crippen LogP contribution in [0.25, 0.3) is 17.0 Å². The highest BCUT2D eigenvalue weighted by atomic mass is 16.5. The van der Waals surface area contributed by atoms with Crippen molar-refractivity contribution in [2.45, 2.75) is 32.4 Å². The van der Waals surface area contributed by atoms with Crippen molar-refractivity contribution in [3.8, 4) is 34.5 Å². The summed E-state index contributed by atoms with van der Waals surface area (Å²) in [5, 5.41) is 0.299. The van der Waals surface area contributed by atoms with Crippen molar-refractivity contribution >= 4 is 22.9 Å². The summed E-state index contributed by atoms with van der Waals surface area (Å²) in [4.78, 5) is 34.4. The van der Waals surface area contributed by atoms with Gasteiger partial charge in [-0.2, -0.15) is 0 Å². The van der Waals surface area contributed by atoms with Gasteiger partial charge in [-0.25, -0.2) is 9.78 Å². The summed E-state index contributed by atoms with van der Waals surface area (Å²) in [6.45, 7) is 4.99. The summed E-state index contributed by atoms with van der Waals surface area (Å²) in [5.41, 5.74) is 0.721. The fraction of sp³-hybridized carbons (Fsp3) is 0.485. The fourth-order valence-corrected chi connectivity index (χ4v) is 5.44. The third-order valence-electron chi connectivity index (χ3n) is 7.64. The highest BCUT2D eigenvalue weighted by Crippen LogP contribution is 2.42. The Morgan fingerprint density at radius 2 is 1.48 bits per heavy atom. The van der Waals surface area contributed by atoms with Crippen LogP contribution < -0.4 is 34.0 Å². The molecular weight excluding hydrogens is 598 g/mol. The molecule has 3 aromatic rings. The quantitative estimate of drug-likeness (QED) is 0.178. The van der Waals surface area contributed by atoms with E-state index in [9.17, 15) is 9.59 Å². The molecule has 1 aliphatic heterocycles. The van der Waals surface area contributed by atoms with E-state index in [1.807, 2.05) is 6.92 Å². The molecule has 1 unspecified atom stereocenters. The summed E-state index contributed by atoms with van der Waals surface area (Å²) in [6.07, 6.45) is 3.52. The maximum Gasteiger partial charge on any atom is 0.331 e. The molecule has 1 aromatic heterocycles. The first kappa shape index (κ1) is 34.4. The minimum absolute atomic E-state index is 0.0921. The van der Waals surface area contributed by atoms with Crippen LogP contribution in [0.1, 0.15) is 24.7 Å². The monoisotopic (exact) mass is 641 g/mol. The van der Waals surface area contributed by atoms with Crippen LogP contribution in [-0.2, 0) is 27.2 Å². The summed E-state index contributed by atoms with van der Waals surface area (Å²) in [5.74, 6) is 2.33. The van der Waals surface area contributed by atoms with Crippen molar-refractivity contribution in [2.24, 2.45) is 0 Å². The number of hydrogen-bond acceptors (Lipinski definition) is 12. The van der Waals surface area contributed by atoms with E-state index in [0.717, 1.165) is 6.42 Å². The highest BCUT2D eigenvalue weighted by Gasteiger charge is 2.26. The molecule has 1 atom stereocenters. The molecule has 4 rings (SSSR count). The van der Waals surface area contributed by atoms with Crippen LogP contribution in [0.15, 0.2) is 29.1 Å². The van der Waals surface area contributed by atoms with Crippen molar-refractivity contribution < 1.29 is 42.7 Å². The molecule has 0 aliphatic carbocycles. The average Bonchev–Trinajstić information content (AvgIpc) is 3.08. The number of nitrogens with zero attached hydrogens (tertiary/aromatic N) is 3. The third kappa shape index (κ3) is 7.65. The first-order valence-corrected chi connectivity index (χ1v) is 15.0. The van der Waals surface area contributed by atoms with Crippen molar-refractivity contribution in [2.75, 3.05) is 75.5 Å². The van der Waals surface area contributed by atoms with E-state index in [2.05, 4.69) is 4.90 Å². The zero-order valence-corrected chi connectivity index (χ0v) is 27.5. The number of esters is 1. The van der Waals surface area contributed by atoms with Gasteiger partial charge in [0.2, 0.25) is 11.5 Å². The number of fused-ring (bicyclic) bond motifs is 1. The Bertz CT molecular complexity index is 1570. The Hall–Kier alpha value is -4.49. The van der Waals surface area contributed by atoms with Crippen LogP contribution in [0.3, 0.4) is 0 Å². The lowest BCUT2D eigenvalue weighted by molar-refractivity contribution is -0.145. The van der Waals surface area contributed by atoms with Crippen molar-refractivity contribution in [3.63, 3.8) is 0 Å². The maximum atomic E-state index is 14.1. The average molecular weight is 642 g/mol. The number of ether oxygens (including phenoxy) is 8. The Morgan fingerprint density at radius 1 is 0.870 bits per heavy atom. The van der Waals surface area contributed by atoms with Gasteiger partial charge in [-0.15, -0.1) is 0 Å². The first-order chi connectivity index (χ1) is 22.3. The molecular formula is C33H43N3O10. The molecule has 2 heterocycles. The van der Waals surface area contributed by atoms with Gasteiger partial charge in [0, 0.05) is 32.1 Å². The zero-order chi connectivity index (χ0) is 33.2. The molecule has 13 nitrogen and oxygen atoms in total. The SMILES string of the molecule is CCCc1nc2c(OC)c(OC)c(OC)cc2c(=O)n1CC(CN1CCOCC1)OC(=O)C=Cc1cc(OC)c(OC)c(OC)c1. The summed E-state index contributed by atoms with van der Waals surface area (Å²) < 4.78 is 46.0. The minimum Gasteiger partial charge on any atom is -0.493 e. The van der Waals surface area contributed by atoms with E-state index in [0.29, 0.717) is 96.1 Å². The first-order valence-electron chi connectivity index (χ1n) is 15.0. The Labute approximate surface area is 268 Å².